The van der Waals surface area contributed by atoms with Gasteiger partial charge in [0, 0.05) is 31.3 Å². The second kappa shape index (κ2) is 7.26. The molecule has 1 aliphatic rings. The largest absolute Gasteiger partial charge is 0.378 e. The summed E-state index contributed by atoms with van der Waals surface area (Å²) in [5.74, 6) is -0.546. The van der Waals surface area contributed by atoms with Gasteiger partial charge in [-0.05, 0) is 24.3 Å². The second-order valence-corrected chi connectivity index (χ2v) is 7.30. The predicted octanol–water partition coefficient (Wildman–Crippen LogP) is 2.37. The Bertz CT molecular complexity index is 912. The Hall–Kier alpha value is -2.72. The van der Waals surface area contributed by atoms with Gasteiger partial charge in [-0.3, -0.25) is 14.8 Å². The number of morpholine rings is 1. The number of nitrogens with one attached hydrogen (secondary N) is 1. The molecule has 138 valence electrons. The Labute approximate surface area is 149 Å². The third kappa shape index (κ3) is 3.92. The first kappa shape index (κ1) is 18.1. The third-order valence-electron chi connectivity index (χ3n) is 3.91. The van der Waals surface area contributed by atoms with Crippen molar-refractivity contribution in [2.24, 2.45) is 0 Å². The van der Waals surface area contributed by atoms with Gasteiger partial charge in [0.25, 0.3) is 15.7 Å². The first-order chi connectivity index (χ1) is 12.4. The summed E-state index contributed by atoms with van der Waals surface area (Å²) in [4.78, 5) is 11.7. The number of nitro groups is 1. The van der Waals surface area contributed by atoms with Crippen LogP contribution in [0.25, 0.3) is 0 Å². The summed E-state index contributed by atoms with van der Waals surface area (Å²) in [6.07, 6.45) is 0. The average Bonchev–Trinajstić information content (AvgIpc) is 2.62. The lowest BCUT2D eigenvalue weighted by Crippen LogP contribution is -2.36. The summed E-state index contributed by atoms with van der Waals surface area (Å²) >= 11 is 0. The molecule has 10 heteroatoms. The fourth-order valence-corrected chi connectivity index (χ4v) is 3.64. The number of nitro benzene ring substituents is 1. The fraction of sp³-hybridized carbons (Fsp3) is 0.250. The smallest absolute Gasteiger partial charge is 0.269 e. The van der Waals surface area contributed by atoms with Crippen LogP contribution in [0.4, 0.5) is 21.5 Å². The van der Waals surface area contributed by atoms with E-state index in [4.69, 9.17) is 4.74 Å². The van der Waals surface area contributed by atoms with Crippen molar-refractivity contribution in [3.63, 3.8) is 0 Å². The SMILES string of the molecule is O=[N+]([O-])c1ccc(S(=O)(=O)Nc2ccc(N3CCOCC3)c(F)c2)cc1. The molecule has 8 nitrogen and oxygen atoms in total. The van der Waals surface area contributed by atoms with Gasteiger partial charge in [-0.2, -0.15) is 0 Å². The summed E-state index contributed by atoms with van der Waals surface area (Å²) < 4.78 is 46.6. The summed E-state index contributed by atoms with van der Waals surface area (Å²) in [7, 11) is -3.98. The highest BCUT2D eigenvalue weighted by Crippen LogP contribution is 2.25. The van der Waals surface area contributed by atoms with Gasteiger partial charge in [-0.1, -0.05) is 0 Å². The Morgan fingerprint density at radius 1 is 1.12 bits per heavy atom. The van der Waals surface area contributed by atoms with Gasteiger partial charge in [-0.25, -0.2) is 12.8 Å². The van der Waals surface area contributed by atoms with Crippen LogP contribution >= 0.6 is 0 Å². The maximum Gasteiger partial charge on any atom is 0.269 e. The molecule has 1 N–H and O–H groups in total. The molecule has 0 spiro atoms. The molecule has 0 amide bonds. The minimum Gasteiger partial charge on any atom is -0.378 e. The van der Waals surface area contributed by atoms with Crippen LogP contribution in [0.5, 0.6) is 0 Å². The van der Waals surface area contributed by atoms with E-state index < -0.39 is 20.8 Å². The molecule has 0 aliphatic carbocycles. The van der Waals surface area contributed by atoms with Crippen molar-refractivity contribution in [3.05, 3.63) is 58.4 Å². The molecule has 1 heterocycles. The molecule has 0 radical (unpaired) electrons. The molecule has 3 rings (SSSR count). The topological polar surface area (TPSA) is 102 Å². The molecule has 0 saturated carbocycles. The molecule has 0 aromatic heterocycles. The zero-order valence-electron chi connectivity index (χ0n) is 13.6. The van der Waals surface area contributed by atoms with Gasteiger partial charge < -0.3 is 9.64 Å². The van der Waals surface area contributed by atoms with Crippen LogP contribution in [0.1, 0.15) is 0 Å². The lowest BCUT2D eigenvalue weighted by Gasteiger charge is -2.29. The number of rotatable bonds is 5. The lowest BCUT2D eigenvalue weighted by molar-refractivity contribution is -0.384. The van der Waals surface area contributed by atoms with Crippen molar-refractivity contribution in [3.8, 4) is 0 Å². The minimum atomic E-state index is -3.98. The van der Waals surface area contributed by atoms with E-state index in [9.17, 15) is 22.9 Å². The summed E-state index contributed by atoms with van der Waals surface area (Å²) in [5.41, 5.74) is 0.231. The van der Waals surface area contributed by atoms with Crippen LogP contribution in [0.15, 0.2) is 47.4 Å². The Morgan fingerprint density at radius 2 is 1.77 bits per heavy atom. The van der Waals surface area contributed by atoms with Crippen molar-refractivity contribution in [2.45, 2.75) is 4.90 Å². The molecular weight excluding hydrogens is 365 g/mol. The van der Waals surface area contributed by atoms with E-state index >= 15 is 0 Å². The van der Waals surface area contributed by atoms with Gasteiger partial charge >= 0.3 is 0 Å². The van der Waals surface area contributed by atoms with Crippen LogP contribution in [0.2, 0.25) is 0 Å². The summed E-state index contributed by atoms with van der Waals surface area (Å²) in [5, 5.41) is 10.6. The minimum absolute atomic E-state index is 0.0675. The van der Waals surface area contributed by atoms with E-state index in [2.05, 4.69) is 4.72 Å². The van der Waals surface area contributed by atoms with Crippen molar-refractivity contribution in [2.75, 3.05) is 35.9 Å². The van der Waals surface area contributed by atoms with Gasteiger partial charge in [0.2, 0.25) is 0 Å². The zero-order valence-corrected chi connectivity index (χ0v) is 14.4. The van der Waals surface area contributed by atoms with Gasteiger partial charge in [-0.15, -0.1) is 0 Å². The monoisotopic (exact) mass is 381 g/mol. The first-order valence-corrected chi connectivity index (χ1v) is 9.25. The molecule has 1 saturated heterocycles. The van der Waals surface area contributed by atoms with E-state index in [-0.39, 0.29) is 16.3 Å². The maximum absolute atomic E-state index is 14.4. The van der Waals surface area contributed by atoms with Crippen LogP contribution in [-0.4, -0.2) is 39.6 Å². The van der Waals surface area contributed by atoms with Crippen LogP contribution < -0.4 is 9.62 Å². The standard InChI is InChI=1S/C16H16FN3O5S/c17-15-11-12(1-6-16(15)19-7-9-25-10-8-19)18-26(23,24)14-4-2-13(3-5-14)20(21)22/h1-6,11,18H,7-10H2. The lowest BCUT2D eigenvalue weighted by atomic mass is 10.2. The number of sulfonamides is 1. The highest BCUT2D eigenvalue weighted by molar-refractivity contribution is 7.92. The van der Waals surface area contributed by atoms with E-state index in [1.54, 1.807) is 0 Å². The Morgan fingerprint density at radius 3 is 2.35 bits per heavy atom. The Balaban J connectivity index is 1.79. The normalized spacial score (nSPS) is 14.9. The van der Waals surface area contributed by atoms with Crippen molar-refractivity contribution >= 4 is 27.1 Å². The Kier molecular flexibility index (Phi) is 5.05. The third-order valence-corrected chi connectivity index (χ3v) is 5.31. The molecule has 0 atom stereocenters. The molecule has 2 aromatic carbocycles. The molecule has 1 aliphatic heterocycles. The average molecular weight is 381 g/mol. The van der Waals surface area contributed by atoms with E-state index in [1.165, 1.54) is 12.1 Å². The van der Waals surface area contributed by atoms with Gasteiger partial charge in [0.05, 0.1) is 34.4 Å². The van der Waals surface area contributed by atoms with Gasteiger partial charge in [0.15, 0.2) is 0 Å². The molecule has 0 unspecified atom stereocenters. The number of nitrogens with zero attached hydrogens (tertiary/aromatic N) is 2. The van der Waals surface area contributed by atoms with E-state index in [0.717, 1.165) is 30.3 Å². The number of benzene rings is 2. The highest BCUT2D eigenvalue weighted by Gasteiger charge is 2.19. The van der Waals surface area contributed by atoms with Crippen molar-refractivity contribution in [1.82, 2.24) is 0 Å². The van der Waals surface area contributed by atoms with Crippen molar-refractivity contribution < 1.29 is 22.5 Å². The molecule has 0 bridgehead atoms. The summed E-state index contributed by atoms with van der Waals surface area (Å²) in [6.45, 7) is 2.14. The number of anilines is 2. The predicted molar refractivity (Wildman–Crippen MR) is 93.3 cm³/mol. The van der Waals surface area contributed by atoms with Crippen molar-refractivity contribution in [1.29, 1.82) is 0 Å². The van der Waals surface area contributed by atoms with E-state index in [1.807, 2.05) is 4.90 Å². The van der Waals surface area contributed by atoms with E-state index in [0.29, 0.717) is 32.0 Å². The number of halogens is 1. The number of hydrogen-bond acceptors (Lipinski definition) is 6. The maximum atomic E-state index is 14.4. The molecule has 2 aromatic rings. The number of non-ortho nitro benzene ring substituents is 1. The van der Waals surface area contributed by atoms with Crippen LogP contribution in [0.3, 0.4) is 0 Å². The highest BCUT2D eigenvalue weighted by atomic mass is 32.2. The first-order valence-electron chi connectivity index (χ1n) is 7.76. The second-order valence-electron chi connectivity index (χ2n) is 5.62. The van der Waals surface area contributed by atoms with Crippen LogP contribution in [-0.2, 0) is 14.8 Å². The van der Waals surface area contributed by atoms with Gasteiger partial charge in [0.1, 0.15) is 5.82 Å². The number of hydrogen-bond donors (Lipinski definition) is 1. The fourth-order valence-electron chi connectivity index (χ4n) is 2.59. The van der Waals surface area contributed by atoms with Crippen LogP contribution in [0, 0.1) is 15.9 Å². The molecular formula is C16H16FN3O5S. The number of ether oxygens (including phenoxy) is 1. The quantitative estimate of drug-likeness (QED) is 0.630. The summed E-state index contributed by atoms with van der Waals surface area (Å²) in [6, 6.07) is 8.52. The molecule has 1 fully saturated rings. The molecule has 26 heavy (non-hydrogen) atoms. The zero-order chi connectivity index (χ0) is 18.7.